The van der Waals surface area contributed by atoms with E-state index < -0.39 is 11.8 Å². The highest BCUT2D eigenvalue weighted by molar-refractivity contribution is 6.35. The molecule has 2 N–H and O–H groups in total. The van der Waals surface area contributed by atoms with Crippen LogP contribution in [0.2, 0.25) is 0 Å². The summed E-state index contributed by atoms with van der Waals surface area (Å²) in [5.41, 5.74) is 7.25. The van der Waals surface area contributed by atoms with Crippen LogP contribution >= 0.6 is 0 Å². The number of carbonyl (C=O) groups excluding carboxylic acids is 2. The number of hydrogen-bond acceptors (Lipinski definition) is 4. The van der Waals surface area contributed by atoms with Crippen LogP contribution in [-0.4, -0.2) is 46.7 Å². The minimum absolute atomic E-state index is 0.325. The Morgan fingerprint density at radius 1 is 1.33 bits per heavy atom. The molecule has 0 aromatic carbocycles. The van der Waals surface area contributed by atoms with E-state index >= 15 is 0 Å². The first kappa shape index (κ1) is 12.5. The third kappa shape index (κ3) is 2.33. The Bertz CT molecular complexity index is 475. The van der Waals surface area contributed by atoms with Crippen molar-refractivity contribution in [3.63, 3.8) is 0 Å². The first-order chi connectivity index (χ1) is 8.63. The maximum absolute atomic E-state index is 11.8. The lowest BCUT2D eigenvalue weighted by Crippen LogP contribution is -2.52. The van der Waals surface area contributed by atoms with Crippen molar-refractivity contribution in [2.75, 3.05) is 20.1 Å². The van der Waals surface area contributed by atoms with Crippen LogP contribution in [0.1, 0.15) is 11.3 Å². The van der Waals surface area contributed by atoms with Crippen LogP contribution in [0.4, 0.5) is 0 Å². The number of pyridine rings is 1. The second kappa shape index (κ2) is 5.14. The highest BCUT2D eigenvalue weighted by Gasteiger charge is 2.30. The van der Waals surface area contributed by atoms with Crippen molar-refractivity contribution in [1.82, 2.24) is 14.8 Å². The quantitative estimate of drug-likeness (QED) is 0.720. The van der Waals surface area contributed by atoms with Gasteiger partial charge >= 0.3 is 11.8 Å². The zero-order valence-corrected chi connectivity index (χ0v) is 10.3. The largest absolute Gasteiger partial charge is 0.336 e. The third-order valence-electron chi connectivity index (χ3n) is 3.06. The van der Waals surface area contributed by atoms with Crippen LogP contribution in [0, 0.1) is 0 Å². The zero-order chi connectivity index (χ0) is 13.1. The summed E-state index contributed by atoms with van der Waals surface area (Å²) in [6.07, 6.45) is 1.67. The Morgan fingerprint density at radius 2 is 2.11 bits per heavy atom. The minimum Gasteiger partial charge on any atom is -0.336 e. The Labute approximate surface area is 105 Å². The van der Waals surface area contributed by atoms with Gasteiger partial charge in [-0.3, -0.25) is 14.6 Å². The predicted molar refractivity (Wildman–Crippen MR) is 65.2 cm³/mol. The maximum Gasteiger partial charge on any atom is 0.312 e. The van der Waals surface area contributed by atoms with E-state index in [0.717, 1.165) is 11.3 Å². The lowest BCUT2D eigenvalue weighted by molar-refractivity contribution is -0.155. The van der Waals surface area contributed by atoms with Gasteiger partial charge in [0.05, 0.1) is 5.69 Å². The van der Waals surface area contributed by atoms with Crippen molar-refractivity contribution in [3.05, 3.63) is 29.6 Å². The molecule has 0 radical (unpaired) electrons. The van der Waals surface area contributed by atoms with Crippen molar-refractivity contribution >= 4 is 11.8 Å². The highest BCUT2D eigenvalue weighted by Crippen LogP contribution is 2.12. The van der Waals surface area contributed by atoms with Crippen molar-refractivity contribution in [1.29, 1.82) is 0 Å². The van der Waals surface area contributed by atoms with Gasteiger partial charge in [-0.1, -0.05) is 6.07 Å². The number of carbonyl (C=O) groups is 2. The van der Waals surface area contributed by atoms with Crippen molar-refractivity contribution in [2.45, 2.75) is 13.1 Å². The summed E-state index contributed by atoms with van der Waals surface area (Å²) in [4.78, 5) is 30.5. The second-order valence-electron chi connectivity index (χ2n) is 4.27. The van der Waals surface area contributed by atoms with E-state index in [-0.39, 0.29) is 0 Å². The average Bonchev–Trinajstić information content (AvgIpc) is 2.40. The molecule has 6 nitrogen and oxygen atoms in total. The SMILES string of the molecule is CN1CCN(Cc2cccnc2CN)C(=O)C1=O. The van der Waals surface area contributed by atoms with Gasteiger partial charge < -0.3 is 15.5 Å². The molecule has 6 heteroatoms. The summed E-state index contributed by atoms with van der Waals surface area (Å²) in [7, 11) is 1.63. The monoisotopic (exact) mass is 248 g/mol. The molecule has 0 bridgehead atoms. The van der Waals surface area contributed by atoms with E-state index in [1.165, 1.54) is 4.90 Å². The van der Waals surface area contributed by atoms with Gasteiger partial charge in [0.2, 0.25) is 0 Å². The molecule has 1 fully saturated rings. The van der Waals surface area contributed by atoms with Crippen molar-refractivity contribution in [2.24, 2.45) is 5.73 Å². The molecule has 2 amide bonds. The number of amides is 2. The highest BCUT2D eigenvalue weighted by atomic mass is 16.2. The third-order valence-corrected chi connectivity index (χ3v) is 3.06. The summed E-state index contributed by atoms with van der Waals surface area (Å²) in [6, 6.07) is 3.68. The van der Waals surface area contributed by atoms with Crippen molar-refractivity contribution in [3.8, 4) is 0 Å². The Balaban J connectivity index is 2.14. The molecule has 0 aliphatic carbocycles. The molecule has 18 heavy (non-hydrogen) atoms. The van der Waals surface area contributed by atoms with E-state index in [1.807, 2.05) is 6.07 Å². The van der Waals surface area contributed by atoms with Gasteiger partial charge in [0.1, 0.15) is 0 Å². The van der Waals surface area contributed by atoms with Crippen LogP contribution < -0.4 is 5.73 Å². The topological polar surface area (TPSA) is 79.5 Å². The van der Waals surface area contributed by atoms with Gasteiger partial charge in [0, 0.05) is 39.4 Å². The van der Waals surface area contributed by atoms with Crippen LogP contribution in [0.3, 0.4) is 0 Å². The maximum atomic E-state index is 11.8. The molecule has 0 spiro atoms. The summed E-state index contributed by atoms with van der Waals surface area (Å²) in [5, 5.41) is 0. The van der Waals surface area contributed by atoms with E-state index in [0.29, 0.717) is 26.2 Å². The molecule has 1 aromatic heterocycles. The number of aromatic nitrogens is 1. The molecule has 2 heterocycles. The van der Waals surface area contributed by atoms with Crippen LogP contribution in [-0.2, 0) is 22.7 Å². The van der Waals surface area contributed by atoms with E-state index in [2.05, 4.69) is 4.98 Å². The van der Waals surface area contributed by atoms with E-state index in [4.69, 9.17) is 5.73 Å². The molecule has 1 aliphatic heterocycles. The number of likely N-dealkylation sites (N-methyl/N-ethyl adjacent to an activating group) is 1. The number of rotatable bonds is 3. The predicted octanol–water partition coefficient (Wildman–Crippen LogP) is -0.659. The fourth-order valence-electron chi connectivity index (χ4n) is 1.93. The molecule has 1 saturated heterocycles. The molecule has 0 saturated carbocycles. The molecule has 2 rings (SSSR count). The lowest BCUT2D eigenvalue weighted by Gasteiger charge is -2.31. The van der Waals surface area contributed by atoms with E-state index in [1.54, 1.807) is 24.2 Å². The molecule has 0 atom stereocenters. The van der Waals surface area contributed by atoms with Gasteiger partial charge in [-0.25, -0.2) is 0 Å². The lowest BCUT2D eigenvalue weighted by atomic mass is 10.1. The zero-order valence-electron chi connectivity index (χ0n) is 10.3. The van der Waals surface area contributed by atoms with Crippen LogP contribution in [0.15, 0.2) is 18.3 Å². The normalized spacial score (nSPS) is 16.3. The summed E-state index contributed by atoms with van der Waals surface area (Å²) in [5.74, 6) is -0.921. The molecule has 1 aromatic rings. The molecule has 0 unspecified atom stereocenters. The van der Waals surface area contributed by atoms with Gasteiger partial charge in [-0.15, -0.1) is 0 Å². The summed E-state index contributed by atoms with van der Waals surface area (Å²) < 4.78 is 0. The standard InChI is InChI=1S/C12H16N4O2/c1-15-5-6-16(12(18)11(15)17)8-9-3-2-4-14-10(9)7-13/h2-4H,5-8,13H2,1H3. The summed E-state index contributed by atoms with van der Waals surface area (Å²) in [6.45, 7) is 1.81. The van der Waals surface area contributed by atoms with Crippen LogP contribution in [0.5, 0.6) is 0 Å². The van der Waals surface area contributed by atoms with Gasteiger partial charge in [0.15, 0.2) is 0 Å². The van der Waals surface area contributed by atoms with E-state index in [9.17, 15) is 9.59 Å². The second-order valence-corrected chi connectivity index (χ2v) is 4.27. The van der Waals surface area contributed by atoms with Gasteiger partial charge in [-0.05, 0) is 11.6 Å². The Hall–Kier alpha value is -1.95. The Kier molecular flexibility index (Phi) is 3.57. The number of nitrogens with two attached hydrogens (primary N) is 1. The minimum atomic E-state index is -0.462. The van der Waals surface area contributed by atoms with Gasteiger partial charge in [0.25, 0.3) is 0 Å². The fraction of sp³-hybridized carbons (Fsp3) is 0.417. The summed E-state index contributed by atoms with van der Waals surface area (Å²) >= 11 is 0. The first-order valence-electron chi connectivity index (χ1n) is 5.80. The van der Waals surface area contributed by atoms with Crippen LogP contribution in [0.25, 0.3) is 0 Å². The Morgan fingerprint density at radius 3 is 2.83 bits per heavy atom. The molecular weight excluding hydrogens is 232 g/mol. The smallest absolute Gasteiger partial charge is 0.312 e. The number of nitrogens with zero attached hydrogens (tertiary/aromatic N) is 3. The number of hydrogen-bond donors (Lipinski definition) is 1. The molecule has 96 valence electrons. The first-order valence-corrected chi connectivity index (χ1v) is 5.80. The van der Waals surface area contributed by atoms with Crippen molar-refractivity contribution < 1.29 is 9.59 Å². The molecule has 1 aliphatic rings. The van der Waals surface area contributed by atoms with Gasteiger partial charge in [-0.2, -0.15) is 0 Å². The number of piperazine rings is 1. The average molecular weight is 248 g/mol. The molecular formula is C12H16N4O2. The fourth-order valence-corrected chi connectivity index (χ4v) is 1.93.